The number of carbonyl (C=O) groups is 1. The third-order valence-corrected chi connectivity index (χ3v) is 6.35. The third-order valence-electron chi connectivity index (χ3n) is 6.35. The second-order valence-corrected chi connectivity index (χ2v) is 8.31. The Morgan fingerprint density at radius 3 is 2.49 bits per heavy atom. The van der Waals surface area contributed by atoms with E-state index in [0.29, 0.717) is 33.2 Å². The van der Waals surface area contributed by atoms with Gasteiger partial charge in [0.15, 0.2) is 5.43 Å². The number of benzene rings is 3. The maximum Gasteiger partial charge on any atom is 0.312 e. The molecule has 0 radical (unpaired) electrons. The summed E-state index contributed by atoms with van der Waals surface area (Å²) in [5, 5.41) is 0.662. The van der Waals surface area contributed by atoms with Crippen LogP contribution in [0.4, 0.5) is 0 Å². The van der Waals surface area contributed by atoms with E-state index in [2.05, 4.69) is 0 Å². The molecule has 35 heavy (non-hydrogen) atoms. The predicted molar refractivity (Wildman–Crippen MR) is 129 cm³/mol. The number of rotatable bonds is 3. The summed E-state index contributed by atoms with van der Waals surface area (Å²) in [7, 11) is 1.51. The second kappa shape index (κ2) is 7.99. The summed E-state index contributed by atoms with van der Waals surface area (Å²) in [6, 6.07) is 17.3. The standard InChI is InChI=1S/C28H18O7/c1-32-16-7-9-22-19(11-16)27(31)21(14-33-22)18-12-24(29)35-23-10-8-17-26(30)20(13-34-28(17)25(18)23)15-5-3-2-4-6-15/h2-11,13-14,18H,12H2,1H3/t18-/m0/s1. The Bertz CT molecular complexity index is 1750. The molecule has 5 aromatic rings. The first-order valence-corrected chi connectivity index (χ1v) is 11.0. The summed E-state index contributed by atoms with van der Waals surface area (Å²) < 4.78 is 22.4. The molecule has 0 aliphatic carbocycles. The summed E-state index contributed by atoms with van der Waals surface area (Å²) in [5.74, 6) is -0.447. The number of ether oxygens (including phenoxy) is 2. The molecule has 2 aromatic heterocycles. The lowest BCUT2D eigenvalue weighted by Crippen LogP contribution is -2.25. The number of carbonyl (C=O) groups excluding carboxylic acids is 1. The van der Waals surface area contributed by atoms with Crippen LogP contribution in [-0.4, -0.2) is 13.1 Å². The molecule has 1 aliphatic rings. The van der Waals surface area contributed by atoms with E-state index >= 15 is 0 Å². The van der Waals surface area contributed by atoms with Gasteiger partial charge in [0.05, 0.1) is 36.1 Å². The summed E-state index contributed by atoms with van der Waals surface area (Å²) in [6.07, 6.45) is 2.66. The number of fused-ring (bicyclic) bond motifs is 4. The first kappa shape index (κ1) is 20.9. The van der Waals surface area contributed by atoms with Gasteiger partial charge >= 0.3 is 5.97 Å². The minimum atomic E-state index is -0.715. The van der Waals surface area contributed by atoms with Gasteiger partial charge in [0.2, 0.25) is 5.43 Å². The van der Waals surface area contributed by atoms with Gasteiger partial charge in [0, 0.05) is 17.0 Å². The molecule has 0 saturated carbocycles. The summed E-state index contributed by atoms with van der Waals surface area (Å²) in [6.45, 7) is 0. The Morgan fingerprint density at radius 1 is 0.857 bits per heavy atom. The fourth-order valence-corrected chi connectivity index (χ4v) is 4.63. The quantitative estimate of drug-likeness (QED) is 0.272. The van der Waals surface area contributed by atoms with E-state index in [9.17, 15) is 14.4 Å². The van der Waals surface area contributed by atoms with Gasteiger partial charge in [0.1, 0.15) is 28.9 Å². The number of hydrogen-bond donors (Lipinski definition) is 0. The van der Waals surface area contributed by atoms with E-state index < -0.39 is 11.9 Å². The molecule has 0 saturated heterocycles. The molecular weight excluding hydrogens is 448 g/mol. The van der Waals surface area contributed by atoms with Crippen LogP contribution in [0.15, 0.2) is 91.6 Å². The van der Waals surface area contributed by atoms with Crippen molar-refractivity contribution in [3.05, 3.63) is 105 Å². The van der Waals surface area contributed by atoms with E-state index in [1.807, 2.05) is 30.3 Å². The SMILES string of the molecule is COc1ccc2occ([C@@H]3CC(=O)Oc4ccc5c(=O)c(-c6ccccc6)coc5c43)c(=O)c2c1. The molecule has 0 fully saturated rings. The molecule has 3 aromatic carbocycles. The largest absolute Gasteiger partial charge is 0.497 e. The van der Waals surface area contributed by atoms with Crippen LogP contribution in [-0.2, 0) is 4.79 Å². The van der Waals surface area contributed by atoms with Gasteiger partial charge in [-0.25, -0.2) is 0 Å². The molecule has 0 unspecified atom stereocenters. The Kier molecular flexibility index (Phi) is 4.77. The molecular formula is C28H18O7. The van der Waals surface area contributed by atoms with Crippen LogP contribution < -0.4 is 20.3 Å². The van der Waals surface area contributed by atoms with E-state index in [4.69, 9.17) is 18.3 Å². The highest BCUT2D eigenvalue weighted by atomic mass is 16.5. The van der Waals surface area contributed by atoms with Crippen molar-refractivity contribution < 1.29 is 23.1 Å². The second-order valence-electron chi connectivity index (χ2n) is 8.31. The van der Waals surface area contributed by atoms with Gasteiger partial charge in [-0.1, -0.05) is 30.3 Å². The molecule has 7 nitrogen and oxygen atoms in total. The smallest absolute Gasteiger partial charge is 0.312 e. The molecule has 7 heteroatoms. The van der Waals surface area contributed by atoms with Crippen LogP contribution in [0.2, 0.25) is 0 Å². The Labute approximate surface area is 198 Å². The van der Waals surface area contributed by atoms with Crippen LogP contribution in [0.1, 0.15) is 23.5 Å². The van der Waals surface area contributed by atoms with E-state index in [1.54, 1.807) is 30.3 Å². The molecule has 0 spiro atoms. The van der Waals surface area contributed by atoms with Crippen molar-refractivity contribution in [3.8, 4) is 22.6 Å². The van der Waals surface area contributed by atoms with E-state index in [1.165, 1.54) is 19.6 Å². The Hall–Kier alpha value is -4.65. The van der Waals surface area contributed by atoms with E-state index in [0.717, 1.165) is 5.56 Å². The number of hydrogen-bond acceptors (Lipinski definition) is 7. The maximum atomic E-state index is 13.5. The van der Waals surface area contributed by atoms with Crippen LogP contribution >= 0.6 is 0 Å². The summed E-state index contributed by atoms with van der Waals surface area (Å²) in [5.41, 5.74) is 2.04. The summed E-state index contributed by atoms with van der Waals surface area (Å²) in [4.78, 5) is 39.3. The van der Waals surface area contributed by atoms with Gasteiger partial charge in [-0.2, -0.15) is 0 Å². The van der Waals surface area contributed by atoms with Crippen molar-refractivity contribution in [2.45, 2.75) is 12.3 Å². The summed E-state index contributed by atoms with van der Waals surface area (Å²) >= 11 is 0. The molecule has 6 rings (SSSR count). The molecule has 1 aliphatic heterocycles. The molecule has 3 heterocycles. The van der Waals surface area contributed by atoms with Gasteiger partial charge in [-0.05, 0) is 35.9 Å². The Balaban J connectivity index is 1.59. The topological polar surface area (TPSA) is 96.0 Å². The maximum absolute atomic E-state index is 13.5. The molecule has 172 valence electrons. The average molecular weight is 466 g/mol. The molecule has 0 amide bonds. The zero-order valence-corrected chi connectivity index (χ0v) is 18.6. The number of esters is 1. The van der Waals surface area contributed by atoms with Crippen molar-refractivity contribution in [1.29, 1.82) is 0 Å². The van der Waals surface area contributed by atoms with Crippen molar-refractivity contribution >= 4 is 27.9 Å². The normalized spacial score (nSPS) is 15.1. The third kappa shape index (κ3) is 3.32. The minimum absolute atomic E-state index is 0.101. The van der Waals surface area contributed by atoms with Crippen molar-refractivity contribution in [2.24, 2.45) is 0 Å². The highest BCUT2D eigenvalue weighted by molar-refractivity contribution is 5.90. The average Bonchev–Trinajstić information content (AvgIpc) is 2.89. The highest BCUT2D eigenvalue weighted by Crippen LogP contribution is 2.42. The lowest BCUT2D eigenvalue weighted by Gasteiger charge is -2.25. The van der Waals surface area contributed by atoms with Crippen LogP contribution in [0.25, 0.3) is 33.1 Å². The number of methoxy groups -OCH3 is 1. The zero-order chi connectivity index (χ0) is 24.1. The fourth-order valence-electron chi connectivity index (χ4n) is 4.63. The van der Waals surface area contributed by atoms with Crippen molar-refractivity contribution in [1.82, 2.24) is 0 Å². The highest BCUT2D eigenvalue weighted by Gasteiger charge is 2.34. The Morgan fingerprint density at radius 2 is 1.69 bits per heavy atom. The van der Waals surface area contributed by atoms with Gasteiger partial charge in [-0.3, -0.25) is 14.4 Å². The first-order valence-electron chi connectivity index (χ1n) is 11.0. The predicted octanol–water partition coefficient (Wildman–Crippen LogP) is 5.02. The van der Waals surface area contributed by atoms with Crippen LogP contribution in [0.3, 0.4) is 0 Å². The molecule has 0 N–H and O–H groups in total. The monoisotopic (exact) mass is 466 g/mol. The molecule has 0 bridgehead atoms. The van der Waals surface area contributed by atoms with E-state index in [-0.39, 0.29) is 34.2 Å². The van der Waals surface area contributed by atoms with Crippen LogP contribution in [0, 0.1) is 0 Å². The fraction of sp³-hybridized carbons (Fsp3) is 0.107. The lowest BCUT2D eigenvalue weighted by molar-refractivity contribution is -0.135. The molecule has 1 atom stereocenters. The zero-order valence-electron chi connectivity index (χ0n) is 18.6. The van der Waals surface area contributed by atoms with Gasteiger partial charge < -0.3 is 18.3 Å². The van der Waals surface area contributed by atoms with Gasteiger partial charge in [0.25, 0.3) is 0 Å². The minimum Gasteiger partial charge on any atom is -0.497 e. The lowest BCUT2D eigenvalue weighted by atomic mass is 9.85. The first-order chi connectivity index (χ1) is 17.0. The van der Waals surface area contributed by atoms with Gasteiger partial charge in [-0.15, -0.1) is 0 Å². The van der Waals surface area contributed by atoms with Crippen LogP contribution in [0.5, 0.6) is 11.5 Å². The van der Waals surface area contributed by atoms with Crippen molar-refractivity contribution in [2.75, 3.05) is 7.11 Å². The van der Waals surface area contributed by atoms with Crippen molar-refractivity contribution in [3.63, 3.8) is 0 Å².